The highest BCUT2D eigenvalue weighted by atomic mass is 35.5. The van der Waals surface area contributed by atoms with Gasteiger partial charge in [0.25, 0.3) is 0 Å². The molecule has 0 atom stereocenters. The summed E-state index contributed by atoms with van der Waals surface area (Å²) in [6, 6.07) is 8.23. The number of carbonyl (C=O) groups is 1. The zero-order valence-electron chi connectivity index (χ0n) is 7.61. The van der Waals surface area contributed by atoms with Crippen LogP contribution in [-0.2, 0) is 0 Å². The van der Waals surface area contributed by atoms with Gasteiger partial charge >= 0.3 is 5.97 Å². The molecular weight excluding hydrogens is 216 g/mol. The van der Waals surface area contributed by atoms with E-state index in [2.05, 4.69) is 0 Å². The minimum absolute atomic E-state index is 0.150. The first-order chi connectivity index (χ1) is 7.18. The number of hydrogen-bond acceptors (Lipinski definition) is 2. The standard InChI is InChI=1S/C11H7ClO3/c12-8-3-1-7(2-4-8)10-9(11(13)14)5-6-15-10/h1-6H,(H,13,14). The zero-order chi connectivity index (χ0) is 10.8. The lowest BCUT2D eigenvalue weighted by molar-refractivity contribution is 0.0697. The van der Waals surface area contributed by atoms with E-state index in [-0.39, 0.29) is 5.56 Å². The largest absolute Gasteiger partial charge is 0.478 e. The minimum Gasteiger partial charge on any atom is -0.478 e. The maximum absolute atomic E-state index is 10.8. The Kier molecular flexibility index (Phi) is 2.47. The minimum atomic E-state index is -1.01. The molecule has 0 unspecified atom stereocenters. The Labute approximate surface area is 90.9 Å². The lowest BCUT2D eigenvalue weighted by Crippen LogP contribution is -1.95. The third-order valence-electron chi connectivity index (χ3n) is 2.00. The number of hydrogen-bond donors (Lipinski definition) is 1. The van der Waals surface area contributed by atoms with Crippen LogP contribution in [0.25, 0.3) is 11.3 Å². The molecule has 0 spiro atoms. The van der Waals surface area contributed by atoms with Crippen LogP contribution in [0.4, 0.5) is 0 Å². The van der Waals surface area contributed by atoms with E-state index >= 15 is 0 Å². The predicted octanol–water partition coefficient (Wildman–Crippen LogP) is 3.30. The molecule has 2 rings (SSSR count). The molecule has 1 heterocycles. The van der Waals surface area contributed by atoms with Crippen LogP contribution >= 0.6 is 11.6 Å². The summed E-state index contributed by atoms with van der Waals surface area (Å²) in [6.07, 6.45) is 1.35. The van der Waals surface area contributed by atoms with Crippen molar-refractivity contribution >= 4 is 17.6 Å². The van der Waals surface area contributed by atoms with E-state index in [1.165, 1.54) is 12.3 Å². The van der Waals surface area contributed by atoms with Crippen LogP contribution in [0, 0.1) is 0 Å². The quantitative estimate of drug-likeness (QED) is 0.848. The highest BCUT2D eigenvalue weighted by Gasteiger charge is 2.14. The summed E-state index contributed by atoms with van der Waals surface area (Å²) >= 11 is 5.73. The van der Waals surface area contributed by atoms with Gasteiger partial charge in [0.15, 0.2) is 0 Å². The topological polar surface area (TPSA) is 50.4 Å². The third kappa shape index (κ3) is 1.87. The normalized spacial score (nSPS) is 10.2. The lowest BCUT2D eigenvalue weighted by Gasteiger charge is -1.98. The zero-order valence-corrected chi connectivity index (χ0v) is 8.36. The van der Waals surface area contributed by atoms with Crippen molar-refractivity contribution in [2.75, 3.05) is 0 Å². The summed E-state index contributed by atoms with van der Waals surface area (Å²) in [6.45, 7) is 0. The third-order valence-corrected chi connectivity index (χ3v) is 2.25. The molecule has 4 heteroatoms. The Bertz CT molecular complexity index is 485. The fraction of sp³-hybridized carbons (Fsp3) is 0. The van der Waals surface area contributed by atoms with E-state index < -0.39 is 5.97 Å². The maximum Gasteiger partial charge on any atom is 0.339 e. The van der Waals surface area contributed by atoms with E-state index in [1.54, 1.807) is 24.3 Å². The van der Waals surface area contributed by atoms with Gasteiger partial charge in [-0.15, -0.1) is 0 Å². The molecule has 0 saturated carbocycles. The average molecular weight is 223 g/mol. The van der Waals surface area contributed by atoms with Crippen LogP contribution in [0.5, 0.6) is 0 Å². The molecule has 0 aliphatic rings. The Morgan fingerprint density at radius 3 is 2.47 bits per heavy atom. The second-order valence-electron chi connectivity index (χ2n) is 2.98. The maximum atomic E-state index is 10.8. The molecule has 0 radical (unpaired) electrons. The van der Waals surface area contributed by atoms with Crippen molar-refractivity contribution in [1.29, 1.82) is 0 Å². The van der Waals surface area contributed by atoms with Crippen molar-refractivity contribution in [3.8, 4) is 11.3 Å². The molecule has 0 saturated heterocycles. The fourth-order valence-corrected chi connectivity index (χ4v) is 1.43. The van der Waals surface area contributed by atoms with Crippen molar-refractivity contribution in [2.24, 2.45) is 0 Å². The number of furan rings is 1. The molecule has 0 fully saturated rings. The molecular formula is C11H7ClO3. The molecule has 1 aromatic carbocycles. The highest BCUT2D eigenvalue weighted by molar-refractivity contribution is 6.30. The summed E-state index contributed by atoms with van der Waals surface area (Å²) in [4.78, 5) is 10.8. The molecule has 1 N–H and O–H groups in total. The molecule has 0 bridgehead atoms. The van der Waals surface area contributed by atoms with Gasteiger partial charge in [0.05, 0.1) is 6.26 Å². The number of halogens is 1. The van der Waals surface area contributed by atoms with Crippen LogP contribution in [-0.4, -0.2) is 11.1 Å². The van der Waals surface area contributed by atoms with Crippen molar-refractivity contribution in [1.82, 2.24) is 0 Å². The Hall–Kier alpha value is -1.74. The summed E-state index contributed by atoms with van der Waals surface area (Å²) in [5.41, 5.74) is 0.846. The SMILES string of the molecule is O=C(O)c1ccoc1-c1ccc(Cl)cc1. The molecule has 76 valence electrons. The van der Waals surface area contributed by atoms with Crippen LogP contribution < -0.4 is 0 Å². The van der Waals surface area contributed by atoms with Crippen molar-refractivity contribution in [3.05, 3.63) is 47.2 Å². The highest BCUT2D eigenvalue weighted by Crippen LogP contribution is 2.26. The molecule has 0 aliphatic carbocycles. The van der Waals surface area contributed by atoms with Gasteiger partial charge in [0, 0.05) is 10.6 Å². The summed E-state index contributed by atoms with van der Waals surface area (Å²) < 4.78 is 5.13. The molecule has 3 nitrogen and oxygen atoms in total. The van der Waals surface area contributed by atoms with Gasteiger partial charge in [0.1, 0.15) is 11.3 Å². The van der Waals surface area contributed by atoms with Gasteiger partial charge in [-0.3, -0.25) is 0 Å². The molecule has 15 heavy (non-hydrogen) atoms. The number of benzene rings is 1. The lowest BCUT2D eigenvalue weighted by atomic mass is 10.1. The predicted molar refractivity (Wildman–Crippen MR) is 56.1 cm³/mol. The second kappa shape index (κ2) is 3.79. The summed E-state index contributed by atoms with van der Waals surface area (Å²) in [5, 5.41) is 9.48. The second-order valence-corrected chi connectivity index (χ2v) is 3.41. The van der Waals surface area contributed by atoms with Crippen LogP contribution in [0.2, 0.25) is 5.02 Å². The number of carboxylic acid groups (broad SMARTS) is 1. The molecule has 1 aromatic heterocycles. The van der Waals surface area contributed by atoms with Crippen molar-refractivity contribution in [2.45, 2.75) is 0 Å². The molecule has 0 aliphatic heterocycles. The monoisotopic (exact) mass is 222 g/mol. The fourth-order valence-electron chi connectivity index (χ4n) is 1.30. The van der Waals surface area contributed by atoms with E-state index in [1.807, 2.05) is 0 Å². The Balaban J connectivity index is 2.49. The van der Waals surface area contributed by atoms with Gasteiger partial charge in [0.2, 0.25) is 0 Å². The molecule has 2 aromatic rings. The smallest absolute Gasteiger partial charge is 0.339 e. The van der Waals surface area contributed by atoms with E-state index in [0.717, 1.165) is 0 Å². The first kappa shape index (κ1) is 9.80. The van der Waals surface area contributed by atoms with Gasteiger partial charge < -0.3 is 9.52 Å². The van der Waals surface area contributed by atoms with Gasteiger partial charge in [-0.05, 0) is 30.3 Å². The van der Waals surface area contributed by atoms with Gasteiger partial charge in [-0.1, -0.05) is 11.6 Å². The van der Waals surface area contributed by atoms with Crippen LogP contribution in [0.15, 0.2) is 41.0 Å². The number of aromatic carboxylic acids is 1. The molecule has 0 amide bonds. The Morgan fingerprint density at radius 1 is 1.20 bits per heavy atom. The summed E-state index contributed by atoms with van der Waals surface area (Å²) in [5.74, 6) is -0.659. The van der Waals surface area contributed by atoms with Crippen molar-refractivity contribution in [3.63, 3.8) is 0 Å². The van der Waals surface area contributed by atoms with E-state index in [9.17, 15) is 4.79 Å². The van der Waals surface area contributed by atoms with Crippen LogP contribution in [0.3, 0.4) is 0 Å². The summed E-state index contributed by atoms with van der Waals surface area (Å²) in [7, 11) is 0. The van der Waals surface area contributed by atoms with Gasteiger partial charge in [-0.25, -0.2) is 4.79 Å². The number of rotatable bonds is 2. The first-order valence-corrected chi connectivity index (χ1v) is 4.63. The number of carboxylic acids is 1. The van der Waals surface area contributed by atoms with E-state index in [4.69, 9.17) is 21.1 Å². The van der Waals surface area contributed by atoms with Gasteiger partial charge in [-0.2, -0.15) is 0 Å². The van der Waals surface area contributed by atoms with Crippen LogP contribution in [0.1, 0.15) is 10.4 Å². The Morgan fingerprint density at radius 2 is 1.87 bits per heavy atom. The van der Waals surface area contributed by atoms with Crippen molar-refractivity contribution < 1.29 is 14.3 Å². The average Bonchev–Trinajstić information content (AvgIpc) is 2.67. The first-order valence-electron chi connectivity index (χ1n) is 4.25. The van der Waals surface area contributed by atoms with E-state index in [0.29, 0.717) is 16.3 Å².